The van der Waals surface area contributed by atoms with Crippen molar-refractivity contribution in [3.63, 3.8) is 0 Å². The van der Waals surface area contributed by atoms with Crippen LogP contribution in [0.5, 0.6) is 0 Å². The number of halogens is 3. The van der Waals surface area contributed by atoms with Crippen LogP contribution in [0, 0.1) is 5.92 Å². The van der Waals surface area contributed by atoms with E-state index in [1.165, 1.54) is 6.07 Å². The van der Waals surface area contributed by atoms with Crippen molar-refractivity contribution in [3.8, 4) is 11.4 Å². The first-order chi connectivity index (χ1) is 14.4. The molecular weight excluding hydrogens is 415 g/mol. The summed E-state index contributed by atoms with van der Waals surface area (Å²) in [5.74, 6) is 1.11. The Morgan fingerprint density at radius 3 is 2.93 bits per heavy atom. The molecule has 158 valence electrons. The lowest BCUT2D eigenvalue weighted by Gasteiger charge is -2.32. The van der Waals surface area contributed by atoms with E-state index in [-0.39, 0.29) is 18.2 Å². The Hall–Kier alpha value is -2.68. The van der Waals surface area contributed by atoms with Gasteiger partial charge in [0, 0.05) is 30.5 Å². The first kappa shape index (κ1) is 20.6. The highest BCUT2D eigenvalue weighted by Crippen LogP contribution is 2.30. The van der Waals surface area contributed by atoms with Gasteiger partial charge in [0.25, 0.3) is 0 Å². The van der Waals surface area contributed by atoms with E-state index in [4.69, 9.17) is 4.52 Å². The number of hydrogen-bond acceptors (Lipinski definition) is 5. The molecule has 1 saturated heterocycles. The van der Waals surface area contributed by atoms with E-state index >= 15 is 0 Å². The fourth-order valence-corrected chi connectivity index (χ4v) is 4.33. The molecule has 4 rings (SSSR count). The highest BCUT2D eigenvalue weighted by Gasteiger charge is 2.31. The summed E-state index contributed by atoms with van der Waals surface area (Å²) in [6.45, 7) is 1.15. The highest BCUT2D eigenvalue weighted by atomic mass is 32.1. The van der Waals surface area contributed by atoms with Gasteiger partial charge in [0.2, 0.25) is 17.6 Å². The van der Waals surface area contributed by atoms with Crippen LogP contribution >= 0.6 is 11.3 Å². The molecule has 1 aliphatic heterocycles. The van der Waals surface area contributed by atoms with Gasteiger partial charge < -0.3 is 9.42 Å². The van der Waals surface area contributed by atoms with Crippen molar-refractivity contribution in [2.75, 3.05) is 13.1 Å². The third-order valence-electron chi connectivity index (χ3n) is 5.19. The topological polar surface area (TPSA) is 59.2 Å². The summed E-state index contributed by atoms with van der Waals surface area (Å²) in [7, 11) is 0. The van der Waals surface area contributed by atoms with Gasteiger partial charge in [-0.15, -0.1) is 0 Å². The quantitative estimate of drug-likeness (QED) is 0.575. The SMILES string of the molecule is O=C(Cc1cccc(C(F)(F)F)c1)N1CCC[C@@H](Cc2nc(-c3ccsc3)no2)C1. The van der Waals surface area contributed by atoms with Gasteiger partial charge in [-0.1, -0.05) is 23.4 Å². The second-order valence-electron chi connectivity index (χ2n) is 7.45. The van der Waals surface area contributed by atoms with Gasteiger partial charge in [0.05, 0.1) is 12.0 Å². The maximum Gasteiger partial charge on any atom is 0.416 e. The van der Waals surface area contributed by atoms with Gasteiger partial charge in [-0.3, -0.25) is 4.79 Å². The zero-order valence-corrected chi connectivity index (χ0v) is 16.9. The smallest absolute Gasteiger partial charge is 0.342 e. The molecule has 9 heteroatoms. The molecule has 0 bridgehead atoms. The van der Waals surface area contributed by atoms with Crippen molar-refractivity contribution in [1.29, 1.82) is 0 Å². The van der Waals surface area contributed by atoms with Crippen LogP contribution in [0.25, 0.3) is 11.4 Å². The van der Waals surface area contributed by atoms with Gasteiger partial charge in [-0.25, -0.2) is 0 Å². The Morgan fingerprint density at radius 1 is 1.30 bits per heavy atom. The Morgan fingerprint density at radius 2 is 2.17 bits per heavy atom. The number of alkyl halides is 3. The fourth-order valence-electron chi connectivity index (χ4n) is 3.70. The van der Waals surface area contributed by atoms with Crippen LogP contribution in [0.3, 0.4) is 0 Å². The summed E-state index contributed by atoms with van der Waals surface area (Å²) < 4.78 is 44.0. The maximum atomic E-state index is 12.9. The van der Waals surface area contributed by atoms with Crippen molar-refractivity contribution in [2.24, 2.45) is 5.92 Å². The second kappa shape index (κ2) is 8.59. The Kier molecular flexibility index (Phi) is 5.90. The Labute approximate surface area is 175 Å². The molecule has 1 aliphatic rings. The summed E-state index contributed by atoms with van der Waals surface area (Å²) in [4.78, 5) is 18.8. The van der Waals surface area contributed by atoms with E-state index < -0.39 is 11.7 Å². The molecule has 3 aromatic rings. The van der Waals surface area contributed by atoms with Crippen LogP contribution < -0.4 is 0 Å². The predicted molar refractivity (Wildman–Crippen MR) is 106 cm³/mol. The van der Waals surface area contributed by atoms with Crippen LogP contribution in [-0.2, 0) is 23.8 Å². The lowest BCUT2D eigenvalue weighted by molar-refractivity contribution is -0.138. The molecule has 5 nitrogen and oxygen atoms in total. The molecule has 0 N–H and O–H groups in total. The normalized spacial score (nSPS) is 17.3. The van der Waals surface area contributed by atoms with E-state index in [0.717, 1.165) is 30.5 Å². The molecule has 2 aromatic heterocycles. The Balaban J connectivity index is 1.36. The second-order valence-corrected chi connectivity index (χ2v) is 8.23. The number of carbonyl (C=O) groups is 1. The number of nitrogens with zero attached hydrogens (tertiary/aromatic N) is 3. The van der Waals surface area contributed by atoms with Crippen LogP contribution in [0.1, 0.15) is 29.9 Å². The zero-order chi connectivity index (χ0) is 21.1. The molecule has 0 spiro atoms. The lowest BCUT2D eigenvalue weighted by atomic mass is 9.94. The van der Waals surface area contributed by atoms with Gasteiger partial charge in [-0.05, 0) is 41.8 Å². The Bertz CT molecular complexity index is 1000. The molecule has 0 unspecified atom stereocenters. The number of benzene rings is 1. The van der Waals surface area contributed by atoms with Gasteiger partial charge >= 0.3 is 6.18 Å². The van der Waals surface area contributed by atoms with Crippen LogP contribution in [0.4, 0.5) is 13.2 Å². The van der Waals surface area contributed by atoms with Crippen LogP contribution in [0.15, 0.2) is 45.6 Å². The number of thiophene rings is 1. The summed E-state index contributed by atoms with van der Waals surface area (Å²) in [5, 5.41) is 7.90. The summed E-state index contributed by atoms with van der Waals surface area (Å²) >= 11 is 1.56. The number of carbonyl (C=O) groups excluding carboxylic acids is 1. The van der Waals surface area contributed by atoms with Crippen molar-refractivity contribution in [3.05, 3.63) is 58.1 Å². The van der Waals surface area contributed by atoms with Gasteiger partial charge in [0.15, 0.2) is 0 Å². The lowest BCUT2D eigenvalue weighted by Crippen LogP contribution is -2.41. The number of likely N-dealkylation sites (tertiary alicyclic amines) is 1. The van der Waals surface area contributed by atoms with Crippen molar-refractivity contribution in [2.45, 2.75) is 31.9 Å². The van der Waals surface area contributed by atoms with E-state index in [1.807, 2.05) is 16.8 Å². The van der Waals surface area contributed by atoms with Crippen molar-refractivity contribution >= 4 is 17.2 Å². The van der Waals surface area contributed by atoms with E-state index in [9.17, 15) is 18.0 Å². The number of piperidine rings is 1. The molecule has 0 saturated carbocycles. The summed E-state index contributed by atoms with van der Waals surface area (Å²) in [6, 6.07) is 6.88. The number of amides is 1. The molecule has 3 heterocycles. The number of aromatic nitrogens is 2. The molecule has 0 aliphatic carbocycles. The van der Waals surface area contributed by atoms with Crippen molar-refractivity contribution in [1.82, 2.24) is 15.0 Å². The molecule has 1 aromatic carbocycles. The highest BCUT2D eigenvalue weighted by molar-refractivity contribution is 7.08. The first-order valence-corrected chi connectivity index (χ1v) is 10.6. The van der Waals surface area contributed by atoms with E-state index in [2.05, 4.69) is 10.1 Å². The third-order valence-corrected chi connectivity index (χ3v) is 5.88. The summed E-state index contributed by atoms with van der Waals surface area (Å²) in [6.07, 6.45) is -2.11. The van der Waals surface area contributed by atoms with E-state index in [0.29, 0.717) is 36.8 Å². The minimum absolute atomic E-state index is 0.0422. The van der Waals surface area contributed by atoms with Crippen LogP contribution in [-0.4, -0.2) is 34.0 Å². The maximum absolute atomic E-state index is 12.9. The number of hydrogen-bond donors (Lipinski definition) is 0. The van der Waals surface area contributed by atoms with E-state index in [1.54, 1.807) is 22.3 Å². The van der Waals surface area contributed by atoms with Gasteiger partial charge in [0.1, 0.15) is 0 Å². The standard InChI is InChI=1S/C21H20F3N3O2S/c22-21(23,24)17-5-1-3-14(9-17)11-19(28)27-7-2-4-15(12-27)10-18-25-20(26-29-18)16-6-8-30-13-16/h1,3,5-6,8-9,13,15H,2,4,7,10-12H2/t15-/m0/s1. The average Bonchev–Trinajstić information content (AvgIpc) is 3.39. The van der Waals surface area contributed by atoms with Gasteiger partial charge in [-0.2, -0.15) is 29.5 Å². The first-order valence-electron chi connectivity index (χ1n) is 9.67. The van der Waals surface area contributed by atoms with Crippen molar-refractivity contribution < 1.29 is 22.5 Å². The molecule has 0 radical (unpaired) electrons. The minimum Gasteiger partial charge on any atom is -0.342 e. The predicted octanol–water partition coefficient (Wildman–Crippen LogP) is 4.84. The summed E-state index contributed by atoms with van der Waals surface area (Å²) in [5.41, 5.74) is 0.549. The molecule has 30 heavy (non-hydrogen) atoms. The zero-order valence-electron chi connectivity index (χ0n) is 16.1. The molecule has 1 fully saturated rings. The number of rotatable bonds is 5. The third kappa shape index (κ3) is 4.89. The largest absolute Gasteiger partial charge is 0.416 e. The molecule has 1 atom stereocenters. The fraction of sp³-hybridized carbons (Fsp3) is 0.381. The molecule has 1 amide bonds. The monoisotopic (exact) mass is 435 g/mol. The average molecular weight is 435 g/mol. The van der Waals surface area contributed by atoms with Crippen LogP contribution in [0.2, 0.25) is 0 Å². The molecular formula is C21H20F3N3O2S. The minimum atomic E-state index is -4.42.